The maximum absolute atomic E-state index is 4.45. The van der Waals surface area contributed by atoms with E-state index in [0.29, 0.717) is 12.0 Å². The van der Waals surface area contributed by atoms with E-state index in [1.807, 2.05) is 6.20 Å². The first kappa shape index (κ1) is 10.2. The van der Waals surface area contributed by atoms with Crippen LogP contribution >= 0.6 is 15.9 Å². The summed E-state index contributed by atoms with van der Waals surface area (Å²) in [6, 6.07) is 0.573. The Morgan fingerprint density at radius 1 is 1.64 bits per heavy atom. The molecule has 0 bridgehead atoms. The number of hydrogen-bond acceptors (Lipinski definition) is 2. The van der Waals surface area contributed by atoms with Gasteiger partial charge in [0, 0.05) is 18.5 Å². The van der Waals surface area contributed by atoms with Crippen LogP contribution in [0.2, 0.25) is 0 Å². The molecule has 1 unspecified atom stereocenters. The first-order valence-corrected chi connectivity index (χ1v) is 5.92. The van der Waals surface area contributed by atoms with Gasteiger partial charge in [-0.05, 0) is 28.9 Å². The van der Waals surface area contributed by atoms with Gasteiger partial charge in [0.25, 0.3) is 0 Å². The van der Waals surface area contributed by atoms with E-state index in [1.165, 1.54) is 12.2 Å². The molecule has 0 aromatic carbocycles. The third-order valence-electron chi connectivity index (χ3n) is 2.70. The molecule has 0 aliphatic carbocycles. The van der Waals surface area contributed by atoms with E-state index < -0.39 is 0 Å². The molecule has 0 spiro atoms. The summed E-state index contributed by atoms with van der Waals surface area (Å²) < 4.78 is 3.43. The quantitative estimate of drug-likeness (QED) is 0.882. The number of nitrogens with zero attached hydrogens (tertiary/aromatic N) is 2. The van der Waals surface area contributed by atoms with Crippen molar-refractivity contribution in [3.05, 3.63) is 16.6 Å². The molecular formula is C10H16BrN3. The first-order valence-electron chi connectivity index (χ1n) is 5.13. The Labute approximate surface area is 93.0 Å². The van der Waals surface area contributed by atoms with Crippen molar-refractivity contribution < 1.29 is 0 Å². The van der Waals surface area contributed by atoms with Crippen molar-refractivity contribution in [3.8, 4) is 0 Å². The van der Waals surface area contributed by atoms with E-state index in [1.54, 1.807) is 0 Å². The normalized spacial score (nSPS) is 22.1. The van der Waals surface area contributed by atoms with Gasteiger partial charge in [-0.15, -0.1) is 0 Å². The van der Waals surface area contributed by atoms with Gasteiger partial charge in [0.05, 0.1) is 6.20 Å². The van der Waals surface area contributed by atoms with Crippen LogP contribution in [0.5, 0.6) is 0 Å². The molecule has 2 heterocycles. The van der Waals surface area contributed by atoms with Gasteiger partial charge >= 0.3 is 0 Å². The molecule has 1 aliphatic rings. The minimum absolute atomic E-state index is 0.488. The molecule has 1 aromatic rings. The lowest BCUT2D eigenvalue weighted by molar-refractivity contribution is 0.502. The summed E-state index contributed by atoms with van der Waals surface area (Å²) in [7, 11) is 0. The van der Waals surface area contributed by atoms with E-state index in [9.17, 15) is 0 Å². The lowest BCUT2D eigenvalue weighted by Crippen LogP contribution is -2.16. The zero-order chi connectivity index (χ0) is 10.1. The second kappa shape index (κ2) is 4.03. The van der Waals surface area contributed by atoms with Gasteiger partial charge in [-0.3, -0.25) is 0 Å². The molecule has 1 saturated heterocycles. The van der Waals surface area contributed by atoms with Gasteiger partial charge in [-0.1, -0.05) is 13.8 Å². The summed E-state index contributed by atoms with van der Waals surface area (Å²) in [6.45, 7) is 6.56. The molecule has 1 atom stereocenters. The van der Waals surface area contributed by atoms with Crippen molar-refractivity contribution in [2.24, 2.45) is 0 Å². The van der Waals surface area contributed by atoms with E-state index in [-0.39, 0.29) is 0 Å². The molecule has 0 amide bonds. The van der Waals surface area contributed by atoms with E-state index in [0.717, 1.165) is 17.7 Å². The molecule has 78 valence electrons. The Balaban J connectivity index is 2.33. The fourth-order valence-electron chi connectivity index (χ4n) is 2.00. The van der Waals surface area contributed by atoms with Crippen LogP contribution in [-0.4, -0.2) is 22.6 Å². The van der Waals surface area contributed by atoms with Gasteiger partial charge in [0.1, 0.15) is 10.4 Å². The fourth-order valence-corrected chi connectivity index (χ4v) is 2.58. The molecule has 1 fully saturated rings. The molecule has 1 aliphatic heterocycles. The van der Waals surface area contributed by atoms with Crippen molar-refractivity contribution in [2.45, 2.75) is 32.2 Å². The maximum Gasteiger partial charge on any atom is 0.112 e. The van der Waals surface area contributed by atoms with Crippen LogP contribution in [0.25, 0.3) is 0 Å². The van der Waals surface area contributed by atoms with Crippen LogP contribution in [0.3, 0.4) is 0 Å². The molecule has 1 N–H and O–H groups in total. The summed E-state index contributed by atoms with van der Waals surface area (Å²) in [6.07, 6.45) is 3.11. The van der Waals surface area contributed by atoms with Crippen LogP contribution in [0, 0.1) is 0 Å². The van der Waals surface area contributed by atoms with Crippen LogP contribution in [0.1, 0.15) is 38.1 Å². The van der Waals surface area contributed by atoms with Crippen molar-refractivity contribution in [1.82, 2.24) is 14.9 Å². The molecule has 3 nitrogen and oxygen atoms in total. The summed E-state index contributed by atoms with van der Waals surface area (Å²) in [5, 5.41) is 3.38. The Morgan fingerprint density at radius 3 is 3.00 bits per heavy atom. The van der Waals surface area contributed by atoms with Crippen LogP contribution in [-0.2, 0) is 0 Å². The van der Waals surface area contributed by atoms with Crippen LogP contribution < -0.4 is 5.32 Å². The summed E-state index contributed by atoms with van der Waals surface area (Å²) >= 11 is 3.57. The average molecular weight is 258 g/mol. The highest BCUT2D eigenvalue weighted by Crippen LogP contribution is 2.27. The van der Waals surface area contributed by atoms with E-state index in [4.69, 9.17) is 0 Å². The van der Waals surface area contributed by atoms with Gasteiger partial charge in [0.2, 0.25) is 0 Å². The lowest BCUT2D eigenvalue weighted by atomic mass is 10.2. The van der Waals surface area contributed by atoms with Crippen LogP contribution in [0.4, 0.5) is 0 Å². The van der Waals surface area contributed by atoms with Gasteiger partial charge < -0.3 is 9.88 Å². The largest absolute Gasteiger partial charge is 0.318 e. The molecule has 1 aromatic heterocycles. The van der Waals surface area contributed by atoms with Crippen molar-refractivity contribution in [2.75, 3.05) is 13.1 Å². The van der Waals surface area contributed by atoms with Gasteiger partial charge in [0.15, 0.2) is 0 Å². The molecule has 14 heavy (non-hydrogen) atoms. The Kier molecular flexibility index (Phi) is 2.93. The Hall–Kier alpha value is -0.350. The number of hydrogen-bond donors (Lipinski definition) is 1. The standard InChI is InChI=1S/C10H16BrN3/c1-7(2)10-13-6-9(11)14(10)8-3-4-12-5-8/h6-8,12H,3-5H2,1-2H3. The van der Waals surface area contributed by atoms with E-state index in [2.05, 4.69) is 44.6 Å². The number of imidazole rings is 1. The van der Waals surface area contributed by atoms with Gasteiger partial charge in [-0.25, -0.2) is 4.98 Å². The van der Waals surface area contributed by atoms with Crippen LogP contribution in [0.15, 0.2) is 10.8 Å². The second-order valence-electron chi connectivity index (χ2n) is 4.11. The summed E-state index contributed by atoms with van der Waals surface area (Å²) in [5.74, 6) is 1.67. The number of nitrogens with one attached hydrogen (secondary N) is 1. The molecule has 2 rings (SSSR count). The minimum atomic E-state index is 0.488. The fraction of sp³-hybridized carbons (Fsp3) is 0.700. The van der Waals surface area contributed by atoms with E-state index >= 15 is 0 Å². The lowest BCUT2D eigenvalue weighted by Gasteiger charge is -2.17. The number of rotatable bonds is 2. The molecule has 0 saturated carbocycles. The highest BCUT2D eigenvalue weighted by atomic mass is 79.9. The van der Waals surface area contributed by atoms with Crippen molar-refractivity contribution >= 4 is 15.9 Å². The summed E-state index contributed by atoms with van der Waals surface area (Å²) in [5.41, 5.74) is 0. The smallest absolute Gasteiger partial charge is 0.112 e. The third kappa shape index (κ3) is 1.73. The number of halogens is 1. The summed E-state index contributed by atoms with van der Waals surface area (Å²) in [4.78, 5) is 4.45. The van der Waals surface area contributed by atoms with Gasteiger partial charge in [-0.2, -0.15) is 0 Å². The molecule has 0 radical (unpaired) electrons. The Bertz CT molecular complexity index is 313. The zero-order valence-corrected chi connectivity index (χ0v) is 10.2. The second-order valence-corrected chi connectivity index (χ2v) is 4.92. The monoisotopic (exact) mass is 257 g/mol. The highest BCUT2D eigenvalue weighted by Gasteiger charge is 2.22. The predicted octanol–water partition coefficient (Wildman–Crippen LogP) is 2.30. The highest BCUT2D eigenvalue weighted by molar-refractivity contribution is 9.10. The number of aromatic nitrogens is 2. The first-order chi connectivity index (χ1) is 6.70. The molecular weight excluding hydrogens is 242 g/mol. The Morgan fingerprint density at radius 2 is 2.43 bits per heavy atom. The molecule has 4 heteroatoms. The minimum Gasteiger partial charge on any atom is -0.318 e. The maximum atomic E-state index is 4.45. The van der Waals surface area contributed by atoms with Crippen molar-refractivity contribution in [3.63, 3.8) is 0 Å². The topological polar surface area (TPSA) is 29.9 Å². The predicted molar refractivity (Wildman–Crippen MR) is 60.5 cm³/mol. The zero-order valence-electron chi connectivity index (χ0n) is 8.63. The third-order valence-corrected chi connectivity index (χ3v) is 3.28. The SMILES string of the molecule is CC(C)c1ncc(Br)n1C1CCNC1. The average Bonchev–Trinajstić information content (AvgIpc) is 2.71. The van der Waals surface area contributed by atoms with Crippen molar-refractivity contribution in [1.29, 1.82) is 0 Å².